The van der Waals surface area contributed by atoms with Crippen molar-refractivity contribution in [1.29, 1.82) is 0 Å². The highest BCUT2D eigenvalue weighted by atomic mass is 32.3. The Kier molecular flexibility index (Phi) is 12.4. The molecule has 7 aromatic carbocycles. The molecule has 4 nitrogen and oxygen atoms in total. The topological polar surface area (TPSA) is 68.3 Å². The van der Waals surface area contributed by atoms with Crippen LogP contribution in [0.4, 0.5) is 0 Å². The van der Waals surface area contributed by atoms with E-state index < -0.39 is 0 Å². The maximum absolute atomic E-state index is 13.6. The second-order valence-electron chi connectivity index (χ2n) is 15.6. The average molecular weight is 1030 g/mol. The van der Waals surface area contributed by atoms with E-state index in [0.717, 1.165) is 43.1 Å². The number of fused-ring (bicyclic) bond motifs is 6. The average Bonchev–Trinajstić information content (AvgIpc) is 4.01. The Morgan fingerprint density at radius 2 is 0.603 bits per heavy atom. The molecular formula is C56H32O4S8. The van der Waals surface area contributed by atoms with Gasteiger partial charge in [0.2, 0.25) is 0 Å². The predicted molar refractivity (Wildman–Crippen MR) is 297 cm³/mol. The van der Waals surface area contributed by atoms with Gasteiger partial charge in [-0.05, 0) is 107 Å². The molecule has 0 saturated carbocycles. The van der Waals surface area contributed by atoms with Gasteiger partial charge in [0.15, 0.2) is 23.1 Å². The van der Waals surface area contributed by atoms with Gasteiger partial charge in [0.1, 0.15) is 0 Å². The van der Waals surface area contributed by atoms with Crippen molar-refractivity contribution < 1.29 is 19.2 Å². The first-order valence-corrected chi connectivity index (χ1v) is 29.2. The lowest BCUT2D eigenvalue weighted by Gasteiger charge is -2.17. The third-order valence-electron chi connectivity index (χ3n) is 11.9. The lowest BCUT2D eigenvalue weighted by atomic mass is 9.83. The first kappa shape index (κ1) is 45.3. The van der Waals surface area contributed by atoms with Crippen LogP contribution in [-0.4, -0.2) is 48.2 Å². The first-order valence-electron chi connectivity index (χ1n) is 21.0. The van der Waals surface area contributed by atoms with Crippen LogP contribution < -0.4 is 10.4 Å². The molecule has 328 valence electrons. The van der Waals surface area contributed by atoms with E-state index in [0.29, 0.717) is 55.6 Å². The third kappa shape index (κ3) is 7.84. The number of carbonyl (C=O) groups excluding carboxylic acids is 4. The minimum absolute atomic E-state index is 0.151. The molecule has 0 amide bonds. The van der Waals surface area contributed by atoms with Crippen molar-refractivity contribution in [1.82, 2.24) is 0 Å². The Hall–Kier alpha value is -5.12. The summed E-state index contributed by atoms with van der Waals surface area (Å²) in [5, 5.41) is 6.66. The van der Waals surface area contributed by atoms with E-state index in [1.54, 1.807) is 120 Å². The van der Waals surface area contributed by atoms with E-state index in [2.05, 4.69) is 85.1 Å². The SMILES string of the molecule is CSC1=C(SC)SC(=c2c3ccc(C#Cc4ccc5c(c4)C(=O)c4ccccc4C5=O)cc3c(=C3SC(SC)=C(SC)S3)c3ccc(C#Cc4ccc5c(c4)C(=O)c4ccccc4C5=O)cc23)S1. The molecule has 0 aromatic heterocycles. The Balaban J connectivity index is 1.08. The molecule has 0 radical (unpaired) electrons. The van der Waals surface area contributed by atoms with E-state index in [1.807, 2.05) is 59.2 Å². The normalized spacial score (nSPS) is 15.1. The molecular weight excluding hydrogens is 993 g/mol. The summed E-state index contributed by atoms with van der Waals surface area (Å²) in [4.78, 5) is 53.8. The van der Waals surface area contributed by atoms with Crippen LogP contribution in [0.2, 0.25) is 0 Å². The fraction of sp³-hybridized carbons (Fsp3) is 0.0714. The molecule has 0 unspecified atom stereocenters. The number of thioether (sulfide) groups is 8. The van der Waals surface area contributed by atoms with Gasteiger partial charge in [-0.2, -0.15) is 0 Å². The van der Waals surface area contributed by atoms with Crippen molar-refractivity contribution in [3.63, 3.8) is 0 Å². The van der Waals surface area contributed by atoms with Crippen LogP contribution in [0.25, 0.3) is 30.0 Å². The number of hydrogen-bond donors (Lipinski definition) is 0. The molecule has 0 atom stereocenters. The van der Waals surface area contributed by atoms with E-state index >= 15 is 0 Å². The Bertz CT molecular complexity index is 3550. The van der Waals surface area contributed by atoms with Crippen molar-refractivity contribution in [2.45, 2.75) is 0 Å². The largest absolute Gasteiger partial charge is 0.289 e. The lowest BCUT2D eigenvalue weighted by Crippen LogP contribution is -2.20. The van der Waals surface area contributed by atoms with Crippen molar-refractivity contribution >= 4 is 147 Å². The van der Waals surface area contributed by atoms with Crippen molar-refractivity contribution in [3.05, 3.63) is 215 Å². The van der Waals surface area contributed by atoms with Gasteiger partial charge in [0.25, 0.3) is 0 Å². The van der Waals surface area contributed by atoms with Gasteiger partial charge >= 0.3 is 0 Å². The molecule has 68 heavy (non-hydrogen) atoms. The van der Waals surface area contributed by atoms with Crippen LogP contribution in [0.3, 0.4) is 0 Å². The minimum Gasteiger partial charge on any atom is -0.289 e. The van der Waals surface area contributed by atoms with Gasteiger partial charge in [0.05, 0.1) is 25.4 Å². The van der Waals surface area contributed by atoms with Gasteiger partial charge in [-0.15, -0.1) is 47.0 Å². The van der Waals surface area contributed by atoms with E-state index in [4.69, 9.17) is 0 Å². The summed E-state index contributed by atoms with van der Waals surface area (Å²) in [5.41, 5.74) is 6.22. The maximum Gasteiger partial charge on any atom is 0.194 e. The molecule has 0 N–H and O–H groups in total. The zero-order valence-corrected chi connectivity index (χ0v) is 43.0. The minimum atomic E-state index is -0.169. The van der Waals surface area contributed by atoms with Crippen LogP contribution in [0.1, 0.15) is 85.9 Å². The molecule has 0 spiro atoms. The van der Waals surface area contributed by atoms with E-state index in [-0.39, 0.29) is 23.1 Å². The molecule has 2 heterocycles. The van der Waals surface area contributed by atoms with Crippen LogP contribution >= 0.6 is 94.1 Å². The van der Waals surface area contributed by atoms with Crippen LogP contribution in [-0.2, 0) is 0 Å². The second kappa shape index (κ2) is 18.7. The number of hydrogen-bond acceptors (Lipinski definition) is 12. The fourth-order valence-electron chi connectivity index (χ4n) is 8.72. The summed E-state index contributed by atoms with van der Waals surface area (Å²) in [6.07, 6.45) is 8.51. The third-order valence-corrected chi connectivity index (χ3v) is 22.3. The van der Waals surface area contributed by atoms with E-state index in [9.17, 15) is 19.2 Å². The number of ketones is 4. The van der Waals surface area contributed by atoms with Crippen LogP contribution in [0.5, 0.6) is 0 Å². The van der Waals surface area contributed by atoms with Crippen molar-refractivity contribution in [2.75, 3.05) is 25.0 Å². The maximum atomic E-state index is 13.6. The van der Waals surface area contributed by atoms with Crippen LogP contribution in [0.15, 0.2) is 138 Å². The molecule has 2 aliphatic carbocycles. The highest BCUT2D eigenvalue weighted by Gasteiger charge is 2.31. The highest BCUT2D eigenvalue weighted by molar-refractivity contribution is 8.46. The van der Waals surface area contributed by atoms with Gasteiger partial charge in [-0.1, -0.05) is 131 Å². The second-order valence-corrected chi connectivity index (χ2v) is 24.5. The quantitative estimate of drug-likeness (QED) is 0.125. The zero-order chi connectivity index (χ0) is 46.8. The zero-order valence-electron chi connectivity index (χ0n) is 36.4. The number of carbonyl (C=O) groups is 4. The summed E-state index contributed by atoms with van der Waals surface area (Å²) in [7, 11) is 0. The summed E-state index contributed by atoms with van der Waals surface area (Å²) in [5.74, 6) is 12.9. The molecule has 12 heteroatoms. The molecule has 4 aliphatic rings. The summed E-state index contributed by atoms with van der Waals surface area (Å²) < 4.78 is 7.48. The van der Waals surface area contributed by atoms with Gasteiger partial charge < -0.3 is 0 Å². The van der Waals surface area contributed by atoms with Gasteiger partial charge in [0, 0.05) is 77.2 Å². The van der Waals surface area contributed by atoms with Crippen molar-refractivity contribution in [3.8, 4) is 23.7 Å². The summed E-state index contributed by atoms with van der Waals surface area (Å²) in [6.45, 7) is 0. The number of rotatable bonds is 4. The lowest BCUT2D eigenvalue weighted by molar-refractivity contribution is 0.0979. The smallest absolute Gasteiger partial charge is 0.194 e. The molecule has 7 aromatic rings. The highest BCUT2D eigenvalue weighted by Crippen LogP contribution is 2.58. The van der Waals surface area contributed by atoms with Crippen LogP contribution in [0, 0.1) is 23.7 Å². The summed E-state index contributed by atoms with van der Waals surface area (Å²) >= 11 is 14.3. The van der Waals surface area contributed by atoms with Crippen molar-refractivity contribution in [2.24, 2.45) is 0 Å². The molecule has 0 bridgehead atoms. The Morgan fingerprint density at radius 1 is 0.324 bits per heavy atom. The molecule has 11 rings (SSSR count). The number of benzene rings is 7. The first-order chi connectivity index (χ1) is 33.2. The van der Waals surface area contributed by atoms with E-state index in [1.165, 1.54) is 25.4 Å². The molecule has 0 saturated heterocycles. The molecule has 2 aliphatic heterocycles. The predicted octanol–water partition coefficient (Wildman–Crippen LogP) is 13.1. The Morgan fingerprint density at radius 3 is 0.926 bits per heavy atom. The van der Waals surface area contributed by atoms with Gasteiger partial charge in [-0.3, -0.25) is 19.2 Å². The molecule has 0 fully saturated rings. The standard InChI is InChI=1S/C56H32O4S8/c1-61-53-54(62-2)66-51(65-53)45-33-21-17-30(14-16-32-20-24-40-44(28-32)50(60)38-12-8-6-10-36(38)48(40)58)26-42(33)46(52-67-55(63-3)56(64-4)68-52)34-22-18-29(25-41(34)45)13-15-31-19-23-39-43(27-31)49(59)37-11-7-5-9-35(37)47(39)57/h5-12,17-28H,1-4H3. The fourth-order valence-corrected chi connectivity index (χ4v) is 19.0. The summed E-state index contributed by atoms with van der Waals surface area (Å²) in [6, 6.07) is 37.5. The Labute approximate surface area is 426 Å². The van der Waals surface area contributed by atoms with Gasteiger partial charge in [-0.25, -0.2) is 0 Å². The monoisotopic (exact) mass is 1020 g/mol.